The van der Waals surface area contributed by atoms with Crippen LogP contribution in [0, 0.1) is 12.7 Å². The molecule has 0 spiro atoms. The van der Waals surface area contributed by atoms with Gasteiger partial charge >= 0.3 is 6.36 Å². The molecule has 2 rings (SSSR count). The highest BCUT2D eigenvalue weighted by Gasteiger charge is 2.31. The zero-order valence-corrected chi connectivity index (χ0v) is 10.1. The molecule has 106 valence electrons. The number of ether oxygens (including phenoxy) is 1. The Bertz CT molecular complexity index is 695. The SMILES string of the molecule is Cc1nc(-c2cccc(OC(F)(F)F)c2)[nH]c(=O)c1F. The maximum atomic E-state index is 13.1. The average Bonchev–Trinajstić information content (AvgIpc) is 2.33. The van der Waals surface area contributed by atoms with Gasteiger partial charge < -0.3 is 9.72 Å². The van der Waals surface area contributed by atoms with Crippen LogP contribution in [0.2, 0.25) is 0 Å². The fourth-order valence-electron chi connectivity index (χ4n) is 1.55. The van der Waals surface area contributed by atoms with Crippen LogP contribution in [0.4, 0.5) is 17.6 Å². The molecule has 1 aromatic heterocycles. The summed E-state index contributed by atoms with van der Waals surface area (Å²) in [6.07, 6.45) is -4.82. The van der Waals surface area contributed by atoms with Crippen molar-refractivity contribution in [1.82, 2.24) is 9.97 Å². The first-order valence-corrected chi connectivity index (χ1v) is 5.39. The molecule has 2 aromatic rings. The summed E-state index contributed by atoms with van der Waals surface area (Å²) in [4.78, 5) is 17.2. The van der Waals surface area contributed by atoms with Gasteiger partial charge in [0, 0.05) is 5.56 Å². The van der Waals surface area contributed by atoms with Gasteiger partial charge in [-0.15, -0.1) is 13.2 Å². The number of nitrogens with zero attached hydrogens (tertiary/aromatic N) is 1. The van der Waals surface area contributed by atoms with E-state index >= 15 is 0 Å². The molecule has 0 aliphatic heterocycles. The van der Waals surface area contributed by atoms with E-state index in [4.69, 9.17) is 0 Å². The number of benzene rings is 1. The predicted octanol–water partition coefficient (Wildman–Crippen LogP) is 2.78. The molecule has 0 saturated carbocycles. The van der Waals surface area contributed by atoms with Gasteiger partial charge in [0.05, 0.1) is 5.69 Å². The van der Waals surface area contributed by atoms with Crippen molar-refractivity contribution < 1.29 is 22.3 Å². The molecule has 8 heteroatoms. The van der Waals surface area contributed by atoms with Crippen molar-refractivity contribution in [3.63, 3.8) is 0 Å². The zero-order chi connectivity index (χ0) is 14.9. The summed E-state index contributed by atoms with van der Waals surface area (Å²) in [5, 5.41) is 0. The van der Waals surface area contributed by atoms with E-state index < -0.39 is 23.5 Å². The number of alkyl halides is 3. The lowest BCUT2D eigenvalue weighted by Crippen LogP contribution is -2.17. The molecule has 0 bridgehead atoms. The van der Waals surface area contributed by atoms with Gasteiger partial charge in [-0.05, 0) is 19.1 Å². The fourth-order valence-corrected chi connectivity index (χ4v) is 1.55. The first-order chi connectivity index (χ1) is 9.26. The van der Waals surface area contributed by atoms with Gasteiger partial charge in [-0.2, -0.15) is 4.39 Å². The number of nitrogens with one attached hydrogen (secondary N) is 1. The number of hydrogen-bond donors (Lipinski definition) is 1. The Balaban J connectivity index is 2.44. The average molecular weight is 288 g/mol. The second kappa shape index (κ2) is 4.95. The lowest BCUT2D eigenvalue weighted by Gasteiger charge is -2.10. The normalized spacial score (nSPS) is 11.4. The number of hydrogen-bond acceptors (Lipinski definition) is 3. The van der Waals surface area contributed by atoms with E-state index in [0.717, 1.165) is 12.1 Å². The second-order valence-corrected chi connectivity index (χ2v) is 3.89. The molecule has 20 heavy (non-hydrogen) atoms. The summed E-state index contributed by atoms with van der Waals surface area (Å²) < 4.78 is 53.2. The van der Waals surface area contributed by atoms with Crippen LogP contribution in [0.15, 0.2) is 29.1 Å². The smallest absolute Gasteiger partial charge is 0.406 e. The number of aromatic amines is 1. The number of rotatable bonds is 2. The highest BCUT2D eigenvalue weighted by Crippen LogP contribution is 2.26. The quantitative estimate of drug-likeness (QED) is 0.864. The minimum absolute atomic E-state index is 0.0403. The van der Waals surface area contributed by atoms with Crippen molar-refractivity contribution >= 4 is 0 Å². The molecule has 0 unspecified atom stereocenters. The zero-order valence-electron chi connectivity index (χ0n) is 10.1. The van der Waals surface area contributed by atoms with Crippen LogP contribution in [0.1, 0.15) is 5.69 Å². The van der Waals surface area contributed by atoms with Crippen molar-refractivity contribution in [2.75, 3.05) is 0 Å². The molecule has 0 aliphatic carbocycles. The molecule has 1 heterocycles. The van der Waals surface area contributed by atoms with E-state index in [1.165, 1.54) is 19.1 Å². The highest BCUT2D eigenvalue weighted by atomic mass is 19.4. The van der Waals surface area contributed by atoms with Crippen molar-refractivity contribution in [3.05, 3.63) is 46.1 Å². The first kappa shape index (κ1) is 14.0. The summed E-state index contributed by atoms with van der Waals surface area (Å²) in [5.74, 6) is -1.53. The molecular weight excluding hydrogens is 280 g/mol. The van der Waals surface area contributed by atoms with E-state index in [2.05, 4.69) is 14.7 Å². The van der Waals surface area contributed by atoms with E-state index in [1.807, 2.05) is 0 Å². The van der Waals surface area contributed by atoms with Gasteiger partial charge in [0.2, 0.25) is 5.82 Å². The van der Waals surface area contributed by atoms with E-state index in [9.17, 15) is 22.4 Å². The summed E-state index contributed by atoms with van der Waals surface area (Å²) in [5.41, 5.74) is -0.965. The largest absolute Gasteiger partial charge is 0.573 e. The van der Waals surface area contributed by atoms with Crippen LogP contribution in [-0.4, -0.2) is 16.3 Å². The Morgan fingerprint density at radius 1 is 1.30 bits per heavy atom. The maximum Gasteiger partial charge on any atom is 0.573 e. The van der Waals surface area contributed by atoms with Gasteiger partial charge in [-0.1, -0.05) is 12.1 Å². The standard InChI is InChI=1S/C12H8F4N2O2/c1-6-9(13)11(19)18-10(17-6)7-3-2-4-8(5-7)20-12(14,15)16/h2-5H,1H3,(H,17,18,19). The number of aryl methyl sites for hydroxylation is 1. The maximum absolute atomic E-state index is 13.1. The Morgan fingerprint density at radius 2 is 2.00 bits per heavy atom. The molecule has 1 N–H and O–H groups in total. The Morgan fingerprint density at radius 3 is 2.60 bits per heavy atom. The molecule has 1 aromatic carbocycles. The summed E-state index contributed by atoms with van der Waals surface area (Å²) in [6.45, 7) is 1.28. The van der Waals surface area contributed by atoms with Crippen molar-refractivity contribution in [1.29, 1.82) is 0 Å². The topological polar surface area (TPSA) is 55.0 Å². The molecule has 0 fully saturated rings. The van der Waals surface area contributed by atoms with Crippen LogP contribution >= 0.6 is 0 Å². The van der Waals surface area contributed by atoms with Crippen molar-refractivity contribution in [2.45, 2.75) is 13.3 Å². The molecule has 0 saturated heterocycles. The Kier molecular flexibility index (Phi) is 3.47. The summed E-state index contributed by atoms with van der Waals surface area (Å²) in [6, 6.07) is 4.86. The lowest BCUT2D eigenvalue weighted by atomic mass is 10.2. The predicted molar refractivity (Wildman–Crippen MR) is 61.7 cm³/mol. The fraction of sp³-hybridized carbons (Fsp3) is 0.167. The monoisotopic (exact) mass is 288 g/mol. The van der Waals surface area contributed by atoms with Crippen LogP contribution in [0.5, 0.6) is 5.75 Å². The highest BCUT2D eigenvalue weighted by molar-refractivity contribution is 5.57. The minimum atomic E-state index is -4.82. The van der Waals surface area contributed by atoms with E-state index in [-0.39, 0.29) is 17.1 Å². The molecule has 0 atom stereocenters. The molecule has 0 radical (unpaired) electrons. The second-order valence-electron chi connectivity index (χ2n) is 3.89. The Hall–Kier alpha value is -2.38. The third kappa shape index (κ3) is 3.14. The number of H-pyrrole nitrogens is 1. The third-order valence-electron chi connectivity index (χ3n) is 2.37. The molecule has 0 aliphatic rings. The molecule has 0 amide bonds. The van der Waals surface area contributed by atoms with Crippen molar-refractivity contribution in [3.8, 4) is 17.1 Å². The summed E-state index contributed by atoms with van der Waals surface area (Å²) >= 11 is 0. The molecule has 4 nitrogen and oxygen atoms in total. The van der Waals surface area contributed by atoms with Crippen LogP contribution in [0.25, 0.3) is 11.4 Å². The lowest BCUT2D eigenvalue weighted by molar-refractivity contribution is -0.274. The van der Waals surface area contributed by atoms with Gasteiger partial charge in [-0.25, -0.2) is 4.98 Å². The van der Waals surface area contributed by atoms with Crippen LogP contribution in [-0.2, 0) is 0 Å². The van der Waals surface area contributed by atoms with Gasteiger partial charge in [0.15, 0.2) is 0 Å². The third-order valence-corrected chi connectivity index (χ3v) is 2.37. The van der Waals surface area contributed by atoms with Gasteiger partial charge in [0.1, 0.15) is 11.6 Å². The van der Waals surface area contributed by atoms with E-state index in [0.29, 0.717) is 0 Å². The van der Waals surface area contributed by atoms with Crippen molar-refractivity contribution in [2.24, 2.45) is 0 Å². The van der Waals surface area contributed by atoms with Gasteiger partial charge in [0.25, 0.3) is 5.56 Å². The molecular formula is C12H8F4N2O2. The van der Waals surface area contributed by atoms with Crippen LogP contribution < -0.4 is 10.3 Å². The first-order valence-electron chi connectivity index (χ1n) is 5.39. The van der Waals surface area contributed by atoms with Crippen LogP contribution in [0.3, 0.4) is 0 Å². The number of halogens is 4. The minimum Gasteiger partial charge on any atom is -0.406 e. The van der Waals surface area contributed by atoms with Gasteiger partial charge in [-0.3, -0.25) is 4.79 Å². The Labute approximate surface area is 110 Å². The number of aromatic nitrogens is 2. The summed E-state index contributed by atoms with van der Waals surface area (Å²) in [7, 11) is 0. The van der Waals surface area contributed by atoms with E-state index in [1.54, 1.807) is 0 Å².